The minimum atomic E-state index is -0.645. The second-order valence-electron chi connectivity index (χ2n) is 10.4. The maximum Gasteiger partial charge on any atom is 0.127 e. The van der Waals surface area contributed by atoms with Gasteiger partial charge in [0, 0.05) is 7.11 Å². The first kappa shape index (κ1) is 31.2. The number of methoxy groups -OCH3 is 1. The quantitative estimate of drug-likeness (QED) is 0.159. The zero-order chi connectivity index (χ0) is 30.6. The topological polar surface area (TPSA) is 101 Å². The first-order valence-corrected chi connectivity index (χ1v) is 14.5. The summed E-state index contributed by atoms with van der Waals surface area (Å²) >= 11 is 0. The van der Waals surface area contributed by atoms with Crippen LogP contribution in [0.5, 0.6) is 40.2 Å². The van der Waals surface area contributed by atoms with E-state index in [-0.39, 0.29) is 25.4 Å². The van der Waals surface area contributed by atoms with Gasteiger partial charge >= 0.3 is 0 Å². The molecule has 3 atom stereocenters. The fourth-order valence-electron chi connectivity index (χ4n) is 3.83. The number of aryl methyl sites for hydroxylation is 1. The van der Waals surface area contributed by atoms with Gasteiger partial charge in [0.15, 0.2) is 0 Å². The van der Waals surface area contributed by atoms with Gasteiger partial charge in [-0.25, -0.2) is 0 Å². The van der Waals surface area contributed by atoms with Gasteiger partial charge in [-0.2, -0.15) is 0 Å². The molecule has 0 spiro atoms. The monoisotopic (exact) mass is 602 g/mol. The molecule has 1 N–H and O–H groups in total. The lowest BCUT2D eigenvalue weighted by Gasteiger charge is -2.12. The fraction of sp³-hybridized carbons (Fsp3) is 0.314. The summed E-state index contributed by atoms with van der Waals surface area (Å²) in [4.78, 5) is 0. The van der Waals surface area contributed by atoms with Crippen LogP contribution >= 0.6 is 0 Å². The van der Waals surface area contributed by atoms with Crippen molar-refractivity contribution in [3.8, 4) is 40.2 Å². The average molecular weight is 603 g/mol. The van der Waals surface area contributed by atoms with Gasteiger partial charge in [0.25, 0.3) is 0 Å². The summed E-state index contributed by atoms with van der Waals surface area (Å²) in [7, 11) is 1.54. The first-order valence-electron chi connectivity index (χ1n) is 14.5. The zero-order valence-electron chi connectivity index (χ0n) is 24.9. The minimum Gasteiger partial charge on any atom is -0.491 e. The van der Waals surface area contributed by atoms with E-state index in [9.17, 15) is 5.11 Å². The fourth-order valence-corrected chi connectivity index (χ4v) is 3.83. The summed E-state index contributed by atoms with van der Waals surface area (Å²) in [5.41, 5.74) is 1.22. The van der Waals surface area contributed by atoms with Crippen molar-refractivity contribution >= 4 is 0 Å². The van der Waals surface area contributed by atoms with E-state index in [0.717, 1.165) is 42.0 Å². The molecule has 9 heteroatoms. The number of ether oxygens (including phenoxy) is 8. The summed E-state index contributed by atoms with van der Waals surface area (Å²) in [5, 5.41) is 9.56. The van der Waals surface area contributed by atoms with Gasteiger partial charge in [-0.3, -0.25) is 0 Å². The molecule has 9 nitrogen and oxygen atoms in total. The van der Waals surface area contributed by atoms with E-state index in [2.05, 4.69) is 6.92 Å². The van der Waals surface area contributed by atoms with Crippen molar-refractivity contribution in [3.63, 3.8) is 0 Å². The van der Waals surface area contributed by atoms with Gasteiger partial charge in [0.1, 0.15) is 78.4 Å². The molecule has 2 saturated heterocycles. The summed E-state index contributed by atoms with van der Waals surface area (Å²) in [5.74, 6) is 5.36. The maximum absolute atomic E-state index is 9.56. The molecule has 2 fully saturated rings. The van der Waals surface area contributed by atoms with Crippen molar-refractivity contribution in [1.29, 1.82) is 0 Å². The van der Waals surface area contributed by atoms with Crippen LogP contribution in [0.4, 0.5) is 0 Å². The maximum atomic E-state index is 9.56. The Hall–Kier alpha value is -4.28. The molecule has 3 unspecified atom stereocenters. The predicted octanol–water partition coefficient (Wildman–Crippen LogP) is 6.21. The van der Waals surface area contributed by atoms with E-state index in [4.69, 9.17) is 37.9 Å². The number of epoxide rings is 2. The van der Waals surface area contributed by atoms with Crippen LogP contribution in [-0.4, -0.2) is 70.2 Å². The Morgan fingerprint density at radius 1 is 0.568 bits per heavy atom. The molecule has 0 bridgehead atoms. The smallest absolute Gasteiger partial charge is 0.127 e. The molecule has 2 aliphatic heterocycles. The molecule has 232 valence electrons. The lowest BCUT2D eigenvalue weighted by atomic mass is 10.2. The Morgan fingerprint density at radius 2 is 0.909 bits per heavy atom. The number of aliphatic hydroxyl groups excluding tert-OH is 1. The standard InChI is InChI=1S/C19H22O6.C16H16O3/c1-21-10-14(20)11-22-15-2-6-17(7-3-15)25-18-8-4-16(5-9-18)23-12-19-13-24-19;1-12-2-4-14(5-3-12)19-15-8-6-13(7-9-15)17-10-16-11-18-16/h2-9,14,19-20H,10-13H2,1H3;2-9,16H,10-11H2,1H3. The van der Waals surface area contributed by atoms with Crippen molar-refractivity contribution in [3.05, 3.63) is 103 Å². The number of hydrogen-bond donors (Lipinski definition) is 1. The van der Waals surface area contributed by atoms with E-state index < -0.39 is 6.10 Å². The highest BCUT2D eigenvalue weighted by molar-refractivity contribution is 5.38. The van der Waals surface area contributed by atoms with Crippen LogP contribution in [0.1, 0.15) is 5.56 Å². The lowest BCUT2D eigenvalue weighted by molar-refractivity contribution is 0.0325. The second kappa shape index (κ2) is 16.0. The van der Waals surface area contributed by atoms with Gasteiger partial charge < -0.3 is 43.0 Å². The van der Waals surface area contributed by atoms with Crippen LogP contribution < -0.4 is 23.7 Å². The Bertz CT molecular complexity index is 1380. The zero-order valence-corrected chi connectivity index (χ0v) is 24.9. The van der Waals surface area contributed by atoms with Crippen molar-refractivity contribution in [2.45, 2.75) is 25.2 Å². The van der Waals surface area contributed by atoms with Crippen molar-refractivity contribution in [2.24, 2.45) is 0 Å². The molecule has 2 aliphatic rings. The third-order valence-electron chi connectivity index (χ3n) is 6.44. The van der Waals surface area contributed by atoms with Crippen LogP contribution in [0.25, 0.3) is 0 Å². The molecule has 4 aromatic rings. The summed E-state index contributed by atoms with van der Waals surface area (Å²) in [6.07, 6.45) is -0.121. The Balaban J connectivity index is 0.000000181. The number of hydrogen-bond acceptors (Lipinski definition) is 9. The van der Waals surface area contributed by atoms with Gasteiger partial charge in [-0.05, 0) is 91.9 Å². The molecule has 0 aliphatic carbocycles. The van der Waals surface area contributed by atoms with E-state index in [1.165, 1.54) is 12.7 Å². The van der Waals surface area contributed by atoms with E-state index in [1.54, 1.807) is 12.1 Å². The highest BCUT2D eigenvalue weighted by Gasteiger charge is 2.23. The molecule has 44 heavy (non-hydrogen) atoms. The van der Waals surface area contributed by atoms with Crippen molar-refractivity contribution in [1.82, 2.24) is 0 Å². The third kappa shape index (κ3) is 11.1. The molecule has 0 radical (unpaired) electrons. The van der Waals surface area contributed by atoms with Crippen LogP contribution in [-0.2, 0) is 14.2 Å². The summed E-state index contributed by atoms with van der Waals surface area (Å²) in [6.45, 7) is 5.29. The Labute approximate surface area is 257 Å². The van der Waals surface area contributed by atoms with Gasteiger partial charge in [0.05, 0.1) is 19.8 Å². The molecule has 4 aromatic carbocycles. The Kier molecular flexibility index (Phi) is 11.3. The van der Waals surface area contributed by atoms with Crippen molar-refractivity contribution in [2.75, 3.05) is 46.8 Å². The van der Waals surface area contributed by atoms with Gasteiger partial charge in [0.2, 0.25) is 0 Å². The number of rotatable bonds is 15. The third-order valence-corrected chi connectivity index (χ3v) is 6.44. The van der Waals surface area contributed by atoms with Crippen LogP contribution in [0.3, 0.4) is 0 Å². The Morgan fingerprint density at radius 3 is 1.27 bits per heavy atom. The predicted molar refractivity (Wildman–Crippen MR) is 165 cm³/mol. The SMILES string of the molecule is COCC(O)COc1ccc(Oc2ccc(OCC3CO3)cc2)cc1.Cc1ccc(Oc2ccc(OCC3CO3)cc2)cc1. The van der Waals surface area contributed by atoms with Crippen LogP contribution in [0, 0.1) is 6.92 Å². The van der Waals surface area contributed by atoms with Gasteiger partial charge in [-0.1, -0.05) is 17.7 Å². The van der Waals surface area contributed by atoms with Crippen LogP contribution in [0.15, 0.2) is 97.1 Å². The molecule has 0 saturated carbocycles. The molecule has 0 amide bonds. The molecule has 6 rings (SSSR count). The largest absolute Gasteiger partial charge is 0.491 e. The molecular formula is C35H38O9. The highest BCUT2D eigenvalue weighted by atomic mass is 16.6. The molecule has 2 heterocycles. The lowest BCUT2D eigenvalue weighted by Crippen LogP contribution is -2.22. The average Bonchev–Trinajstić information content (AvgIpc) is 3.98. The molecular weight excluding hydrogens is 564 g/mol. The number of benzene rings is 4. The van der Waals surface area contributed by atoms with Crippen LogP contribution in [0.2, 0.25) is 0 Å². The van der Waals surface area contributed by atoms with E-state index in [0.29, 0.717) is 24.7 Å². The second-order valence-corrected chi connectivity index (χ2v) is 10.4. The summed E-state index contributed by atoms with van der Waals surface area (Å²) in [6, 6.07) is 30.3. The van der Waals surface area contributed by atoms with Gasteiger partial charge in [-0.15, -0.1) is 0 Å². The van der Waals surface area contributed by atoms with E-state index in [1.807, 2.05) is 84.9 Å². The van der Waals surface area contributed by atoms with E-state index >= 15 is 0 Å². The molecule has 0 aromatic heterocycles. The first-order chi connectivity index (χ1) is 21.5. The normalized spacial score (nSPS) is 17.0. The minimum absolute atomic E-state index is 0.182. The number of aliphatic hydroxyl groups is 1. The van der Waals surface area contributed by atoms with Crippen molar-refractivity contribution < 1.29 is 43.0 Å². The summed E-state index contributed by atoms with van der Waals surface area (Å²) < 4.78 is 43.2. The highest BCUT2D eigenvalue weighted by Crippen LogP contribution is 2.27.